The molecule has 4 aromatic rings. The lowest BCUT2D eigenvalue weighted by Crippen LogP contribution is -2.31. The summed E-state index contributed by atoms with van der Waals surface area (Å²) in [6.07, 6.45) is 1.64. The van der Waals surface area contributed by atoms with Crippen molar-refractivity contribution in [3.63, 3.8) is 0 Å². The van der Waals surface area contributed by atoms with Gasteiger partial charge in [-0.25, -0.2) is 19.6 Å². The van der Waals surface area contributed by atoms with Gasteiger partial charge in [0.1, 0.15) is 12.4 Å². The molecule has 3 heterocycles. The fraction of sp³-hybridized carbons (Fsp3) is 0.375. The molecule has 1 aromatic carbocycles. The minimum absolute atomic E-state index is 0.154. The molecule has 0 bridgehead atoms. The number of H-pyrrole nitrogens is 1. The van der Waals surface area contributed by atoms with E-state index < -0.39 is 17.2 Å². The number of carbonyl (C=O) groups excluding carboxylic acids is 1. The van der Waals surface area contributed by atoms with E-state index in [4.69, 9.17) is 9.47 Å². The predicted molar refractivity (Wildman–Crippen MR) is 127 cm³/mol. The Morgan fingerprint density at radius 2 is 1.91 bits per heavy atom. The highest BCUT2D eigenvalue weighted by Crippen LogP contribution is 2.24. The van der Waals surface area contributed by atoms with Crippen LogP contribution in [-0.2, 0) is 36.3 Å². The van der Waals surface area contributed by atoms with E-state index >= 15 is 0 Å². The minimum atomic E-state index is -0.563. The Bertz CT molecular complexity index is 1500. The summed E-state index contributed by atoms with van der Waals surface area (Å²) < 4.78 is 13.9. The summed E-state index contributed by atoms with van der Waals surface area (Å²) >= 11 is 0. The first kappa shape index (κ1) is 23.4. The molecule has 0 atom stereocenters. The van der Waals surface area contributed by atoms with Gasteiger partial charge in [0.25, 0.3) is 5.56 Å². The Morgan fingerprint density at radius 1 is 1.15 bits per heavy atom. The molecule has 0 aliphatic rings. The molecule has 0 aliphatic carbocycles. The second-order valence-corrected chi connectivity index (χ2v) is 8.11. The number of para-hydroxylation sites is 1. The van der Waals surface area contributed by atoms with Gasteiger partial charge in [0.2, 0.25) is 0 Å². The fourth-order valence-electron chi connectivity index (χ4n) is 4.10. The molecule has 0 amide bonds. The number of aryl methyl sites for hydroxylation is 3. The van der Waals surface area contributed by atoms with Crippen LogP contribution in [0.5, 0.6) is 0 Å². The van der Waals surface area contributed by atoms with E-state index in [0.29, 0.717) is 23.6 Å². The SMILES string of the molecule is CCCCn1c(=O)[nH]c(=O)c2c1nc(COC(=O)c1c(COC)nc3ccccc3c1C)n2C. The molecule has 0 saturated carbocycles. The molecule has 10 nitrogen and oxygen atoms in total. The van der Waals surface area contributed by atoms with Gasteiger partial charge in [0, 0.05) is 26.1 Å². The van der Waals surface area contributed by atoms with Gasteiger partial charge in [-0.3, -0.25) is 14.3 Å². The fourth-order valence-corrected chi connectivity index (χ4v) is 4.10. The van der Waals surface area contributed by atoms with Crippen molar-refractivity contribution in [3.8, 4) is 0 Å². The Hall–Kier alpha value is -3.79. The largest absolute Gasteiger partial charge is 0.454 e. The average molecular weight is 466 g/mol. The van der Waals surface area contributed by atoms with Crippen molar-refractivity contribution in [2.45, 2.75) is 46.4 Å². The molecule has 178 valence electrons. The molecule has 1 N–H and O–H groups in total. The highest BCUT2D eigenvalue weighted by atomic mass is 16.5. The van der Waals surface area contributed by atoms with Gasteiger partial charge in [-0.1, -0.05) is 31.5 Å². The van der Waals surface area contributed by atoms with Crippen molar-refractivity contribution in [2.24, 2.45) is 7.05 Å². The van der Waals surface area contributed by atoms with Crippen LogP contribution in [0.15, 0.2) is 33.9 Å². The summed E-state index contributed by atoms with van der Waals surface area (Å²) in [4.78, 5) is 49.3. The lowest BCUT2D eigenvalue weighted by molar-refractivity contribution is 0.0453. The van der Waals surface area contributed by atoms with Gasteiger partial charge >= 0.3 is 11.7 Å². The molecular formula is C24H27N5O5. The number of rotatable bonds is 8. The van der Waals surface area contributed by atoms with Crippen LogP contribution < -0.4 is 11.2 Å². The number of esters is 1. The van der Waals surface area contributed by atoms with Crippen LogP contribution in [0.2, 0.25) is 0 Å². The molecule has 0 radical (unpaired) electrons. The van der Waals surface area contributed by atoms with E-state index in [1.807, 2.05) is 38.1 Å². The number of fused-ring (bicyclic) bond motifs is 2. The Balaban J connectivity index is 1.70. The van der Waals surface area contributed by atoms with Crippen molar-refractivity contribution in [1.82, 2.24) is 24.1 Å². The number of nitrogens with zero attached hydrogens (tertiary/aromatic N) is 4. The molecule has 0 aliphatic heterocycles. The lowest BCUT2D eigenvalue weighted by atomic mass is 10.0. The first-order valence-corrected chi connectivity index (χ1v) is 11.1. The zero-order chi connectivity index (χ0) is 24.4. The van der Waals surface area contributed by atoms with Crippen LogP contribution >= 0.6 is 0 Å². The number of methoxy groups -OCH3 is 1. The highest BCUT2D eigenvalue weighted by molar-refractivity contribution is 5.98. The van der Waals surface area contributed by atoms with E-state index in [9.17, 15) is 14.4 Å². The molecule has 0 unspecified atom stereocenters. The normalized spacial score (nSPS) is 11.4. The smallest absolute Gasteiger partial charge is 0.340 e. The number of carbonyl (C=O) groups is 1. The third-order valence-electron chi connectivity index (χ3n) is 5.89. The maximum absolute atomic E-state index is 13.2. The van der Waals surface area contributed by atoms with Gasteiger partial charge in [0.05, 0.1) is 23.4 Å². The van der Waals surface area contributed by atoms with E-state index in [1.165, 1.54) is 11.7 Å². The van der Waals surface area contributed by atoms with Crippen molar-refractivity contribution < 1.29 is 14.3 Å². The summed E-state index contributed by atoms with van der Waals surface area (Å²) in [6.45, 7) is 4.27. The summed E-state index contributed by atoms with van der Waals surface area (Å²) in [5, 5.41) is 0.850. The van der Waals surface area contributed by atoms with Gasteiger partial charge < -0.3 is 14.0 Å². The molecular weight excluding hydrogens is 438 g/mol. The lowest BCUT2D eigenvalue weighted by Gasteiger charge is -2.14. The van der Waals surface area contributed by atoms with Crippen LogP contribution in [-0.4, -0.2) is 37.2 Å². The van der Waals surface area contributed by atoms with Gasteiger partial charge in [0.15, 0.2) is 11.2 Å². The number of pyridine rings is 1. The van der Waals surface area contributed by atoms with E-state index in [-0.39, 0.29) is 24.4 Å². The average Bonchev–Trinajstić information content (AvgIpc) is 3.14. The molecule has 3 aromatic heterocycles. The number of ether oxygens (including phenoxy) is 2. The van der Waals surface area contributed by atoms with Gasteiger partial charge in [-0.15, -0.1) is 0 Å². The Labute approximate surface area is 195 Å². The standard InChI is InChI=1S/C24H27N5O5/c1-5-6-11-29-21-20(22(30)27-24(29)32)28(3)18(26-21)13-34-23(31)19-14(2)15-9-7-8-10-16(15)25-17(19)12-33-4/h7-10H,5-6,11-13H2,1-4H3,(H,27,30,32). The number of imidazole rings is 1. The minimum Gasteiger partial charge on any atom is -0.454 e. The molecule has 0 saturated heterocycles. The Morgan fingerprint density at radius 3 is 2.65 bits per heavy atom. The highest BCUT2D eigenvalue weighted by Gasteiger charge is 2.22. The molecule has 0 fully saturated rings. The molecule has 10 heteroatoms. The summed E-state index contributed by atoms with van der Waals surface area (Å²) in [5.41, 5.74) is 1.84. The number of nitrogens with one attached hydrogen (secondary N) is 1. The predicted octanol–water partition coefficient (Wildman–Crippen LogP) is 2.58. The maximum Gasteiger partial charge on any atom is 0.340 e. The summed E-state index contributed by atoms with van der Waals surface area (Å²) in [5.74, 6) is -0.212. The van der Waals surface area contributed by atoms with E-state index in [0.717, 1.165) is 29.3 Å². The van der Waals surface area contributed by atoms with Crippen molar-refractivity contribution in [1.29, 1.82) is 0 Å². The number of aromatic amines is 1. The van der Waals surface area contributed by atoms with Gasteiger partial charge in [-0.05, 0) is 25.0 Å². The van der Waals surface area contributed by atoms with E-state index in [1.54, 1.807) is 11.6 Å². The topological polar surface area (TPSA) is 121 Å². The van der Waals surface area contributed by atoms with Gasteiger partial charge in [-0.2, -0.15) is 0 Å². The third kappa shape index (κ3) is 4.12. The molecule has 34 heavy (non-hydrogen) atoms. The van der Waals surface area contributed by atoms with E-state index in [2.05, 4.69) is 15.0 Å². The zero-order valence-corrected chi connectivity index (χ0v) is 19.7. The van der Waals surface area contributed by atoms with Crippen molar-refractivity contribution in [2.75, 3.05) is 7.11 Å². The number of aromatic nitrogens is 5. The monoisotopic (exact) mass is 465 g/mol. The molecule has 0 spiro atoms. The Kier molecular flexibility index (Phi) is 6.60. The van der Waals surface area contributed by atoms with Crippen LogP contribution in [0.4, 0.5) is 0 Å². The zero-order valence-electron chi connectivity index (χ0n) is 19.7. The van der Waals surface area contributed by atoms with Crippen molar-refractivity contribution in [3.05, 3.63) is 67.7 Å². The second-order valence-electron chi connectivity index (χ2n) is 8.11. The first-order chi connectivity index (χ1) is 16.4. The quantitative estimate of drug-likeness (QED) is 0.397. The second kappa shape index (κ2) is 9.60. The van der Waals surface area contributed by atoms with Crippen LogP contribution in [0, 0.1) is 6.92 Å². The van der Waals surface area contributed by atoms with Crippen molar-refractivity contribution >= 4 is 28.0 Å². The summed E-state index contributed by atoms with van der Waals surface area (Å²) in [6, 6.07) is 7.55. The van der Waals surface area contributed by atoms with Crippen LogP contribution in [0.3, 0.4) is 0 Å². The maximum atomic E-state index is 13.2. The van der Waals surface area contributed by atoms with Crippen LogP contribution in [0.1, 0.15) is 47.2 Å². The van der Waals surface area contributed by atoms with Crippen LogP contribution in [0.25, 0.3) is 22.1 Å². The third-order valence-corrected chi connectivity index (χ3v) is 5.89. The molecule has 4 rings (SSSR count). The number of unbranched alkanes of at least 4 members (excludes halogenated alkanes) is 1. The first-order valence-electron chi connectivity index (χ1n) is 11.1. The number of benzene rings is 1. The number of hydrogen-bond acceptors (Lipinski definition) is 7. The number of hydrogen-bond donors (Lipinski definition) is 1. The summed E-state index contributed by atoms with van der Waals surface area (Å²) in [7, 11) is 3.19.